The van der Waals surface area contributed by atoms with E-state index in [2.05, 4.69) is 32.8 Å². The van der Waals surface area contributed by atoms with Gasteiger partial charge in [-0.2, -0.15) is 0 Å². The Kier molecular flexibility index (Phi) is 5.41. The van der Waals surface area contributed by atoms with Crippen molar-refractivity contribution in [2.75, 3.05) is 44.6 Å². The van der Waals surface area contributed by atoms with E-state index in [4.69, 9.17) is 5.73 Å². The number of carbonyl (C=O) groups excluding carboxylic acids is 1. The van der Waals surface area contributed by atoms with Gasteiger partial charge in [0.1, 0.15) is 0 Å². The lowest BCUT2D eigenvalue weighted by Gasteiger charge is -2.34. The first-order valence-corrected chi connectivity index (χ1v) is 7.51. The molecule has 0 saturated carbocycles. The summed E-state index contributed by atoms with van der Waals surface area (Å²) in [4.78, 5) is 16.3. The number of hydrogen-bond acceptors (Lipinski definition) is 3. The van der Waals surface area contributed by atoms with Gasteiger partial charge < -0.3 is 16.0 Å². The quantitative estimate of drug-likeness (QED) is 0.787. The standard InChI is InChI=1S/C13H19IN4O/c14-11-3-1-2-4-12(11)16-13(19)18-9-7-17(6-5-15)8-10-18/h1-4H,5-10,15H2,(H,16,19). The van der Waals surface area contributed by atoms with Crippen LogP contribution in [0.1, 0.15) is 0 Å². The SMILES string of the molecule is NCCN1CCN(C(=O)Nc2ccccc2I)CC1. The molecule has 1 aromatic carbocycles. The highest BCUT2D eigenvalue weighted by Gasteiger charge is 2.20. The number of urea groups is 1. The molecule has 0 unspecified atom stereocenters. The zero-order chi connectivity index (χ0) is 13.7. The number of benzene rings is 1. The first-order chi connectivity index (χ1) is 9.20. The van der Waals surface area contributed by atoms with Gasteiger partial charge in [0.05, 0.1) is 5.69 Å². The van der Waals surface area contributed by atoms with Crippen molar-refractivity contribution < 1.29 is 4.79 Å². The summed E-state index contributed by atoms with van der Waals surface area (Å²) in [5.41, 5.74) is 6.41. The van der Waals surface area contributed by atoms with E-state index in [0.29, 0.717) is 6.54 Å². The van der Waals surface area contributed by atoms with Crippen molar-refractivity contribution in [1.82, 2.24) is 9.80 Å². The molecule has 0 spiro atoms. The number of nitrogens with one attached hydrogen (secondary N) is 1. The fourth-order valence-electron chi connectivity index (χ4n) is 2.11. The lowest BCUT2D eigenvalue weighted by molar-refractivity contribution is 0.149. The zero-order valence-electron chi connectivity index (χ0n) is 10.8. The minimum Gasteiger partial charge on any atom is -0.329 e. The number of piperazine rings is 1. The van der Waals surface area contributed by atoms with Crippen LogP contribution in [0.3, 0.4) is 0 Å². The molecule has 0 radical (unpaired) electrons. The van der Waals surface area contributed by atoms with Gasteiger partial charge in [-0.15, -0.1) is 0 Å². The molecule has 1 heterocycles. The second kappa shape index (κ2) is 7.06. The van der Waals surface area contributed by atoms with Gasteiger partial charge in [0.25, 0.3) is 0 Å². The van der Waals surface area contributed by atoms with Crippen molar-refractivity contribution in [3.8, 4) is 0 Å². The second-order valence-corrected chi connectivity index (χ2v) is 5.69. The number of hydrogen-bond donors (Lipinski definition) is 2. The summed E-state index contributed by atoms with van der Waals surface area (Å²) in [5, 5.41) is 2.96. The number of rotatable bonds is 3. The maximum absolute atomic E-state index is 12.2. The zero-order valence-corrected chi connectivity index (χ0v) is 13.0. The van der Waals surface area contributed by atoms with Crippen LogP contribution >= 0.6 is 22.6 Å². The van der Waals surface area contributed by atoms with E-state index in [1.54, 1.807) is 0 Å². The van der Waals surface area contributed by atoms with Crippen molar-refractivity contribution in [3.05, 3.63) is 27.8 Å². The van der Waals surface area contributed by atoms with Gasteiger partial charge in [-0.25, -0.2) is 4.79 Å². The molecule has 0 atom stereocenters. The lowest BCUT2D eigenvalue weighted by Crippen LogP contribution is -2.50. The fourth-order valence-corrected chi connectivity index (χ4v) is 2.64. The summed E-state index contributed by atoms with van der Waals surface area (Å²) in [5.74, 6) is 0. The molecule has 19 heavy (non-hydrogen) atoms. The summed E-state index contributed by atoms with van der Waals surface area (Å²) in [7, 11) is 0. The lowest BCUT2D eigenvalue weighted by atomic mass is 10.3. The van der Waals surface area contributed by atoms with E-state index < -0.39 is 0 Å². The number of carbonyl (C=O) groups is 1. The molecule has 0 aromatic heterocycles. The van der Waals surface area contributed by atoms with Crippen molar-refractivity contribution in [3.63, 3.8) is 0 Å². The monoisotopic (exact) mass is 374 g/mol. The Hall–Kier alpha value is -0.860. The van der Waals surface area contributed by atoms with Crippen LogP contribution in [0.2, 0.25) is 0 Å². The summed E-state index contributed by atoms with van der Waals surface area (Å²) in [6, 6.07) is 7.77. The highest BCUT2D eigenvalue weighted by molar-refractivity contribution is 14.1. The molecule has 6 heteroatoms. The predicted octanol–water partition coefficient (Wildman–Crippen LogP) is 1.40. The van der Waals surface area contributed by atoms with E-state index in [0.717, 1.165) is 42.0 Å². The third-order valence-corrected chi connectivity index (χ3v) is 4.16. The number of anilines is 1. The molecule has 5 nitrogen and oxygen atoms in total. The van der Waals surface area contributed by atoms with Crippen LogP contribution in [0, 0.1) is 3.57 Å². The Labute approximate surface area is 127 Å². The average Bonchev–Trinajstić information content (AvgIpc) is 2.42. The third-order valence-electron chi connectivity index (χ3n) is 3.22. The molecule has 1 aliphatic rings. The largest absolute Gasteiger partial charge is 0.329 e. The van der Waals surface area contributed by atoms with Crippen LogP contribution < -0.4 is 11.1 Å². The van der Waals surface area contributed by atoms with Crippen LogP contribution in [-0.4, -0.2) is 55.1 Å². The minimum absolute atomic E-state index is 0.0171. The van der Waals surface area contributed by atoms with Crippen LogP contribution in [-0.2, 0) is 0 Å². The average molecular weight is 374 g/mol. The Morgan fingerprint density at radius 2 is 1.95 bits per heavy atom. The molecular weight excluding hydrogens is 355 g/mol. The van der Waals surface area contributed by atoms with E-state index >= 15 is 0 Å². The van der Waals surface area contributed by atoms with Gasteiger partial charge >= 0.3 is 6.03 Å². The van der Waals surface area contributed by atoms with Crippen molar-refractivity contribution in [1.29, 1.82) is 0 Å². The third kappa shape index (κ3) is 4.05. The molecule has 2 rings (SSSR count). The molecule has 3 N–H and O–H groups in total. The van der Waals surface area contributed by atoms with E-state index in [1.165, 1.54) is 0 Å². The van der Waals surface area contributed by atoms with Gasteiger partial charge in [0, 0.05) is 42.8 Å². The minimum atomic E-state index is -0.0171. The molecular formula is C13H19IN4O. The molecule has 104 valence electrons. The normalized spacial score (nSPS) is 16.4. The Bertz CT molecular complexity index is 432. The van der Waals surface area contributed by atoms with Crippen molar-refractivity contribution in [2.45, 2.75) is 0 Å². The molecule has 0 bridgehead atoms. The summed E-state index contributed by atoms with van der Waals surface area (Å²) in [6.45, 7) is 4.90. The first kappa shape index (κ1) is 14.5. The van der Waals surface area contributed by atoms with Crippen molar-refractivity contribution in [2.24, 2.45) is 5.73 Å². The van der Waals surface area contributed by atoms with E-state index in [9.17, 15) is 4.79 Å². The Morgan fingerprint density at radius 3 is 2.58 bits per heavy atom. The van der Waals surface area contributed by atoms with Gasteiger partial charge in [-0.3, -0.25) is 4.90 Å². The number of amides is 2. The molecule has 2 amide bonds. The second-order valence-electron chi connectivity index (χ2n) is 4.53. The summed E-state index contributed by atoms with van der Waals surface area (Å²) in [6.07, 6.45) is 0. The maximum atomic E-state index is 12.2. The molecule has 1 aromatic rings. The Morgan fingerprint density at radius 1 is 1.26 bits per heavy atom. The number of halogens is 1. The highest BCUT2D eigenvalue weighted by atomic mass is 127. The van der Waals surface area contributed by atoms with Crippen LogP contribution in [0.25, 0.3) is 0 Å². The first-order valence-electron chi connectivity index (χ1n) is 6.43. The van der Waals surface area contributed by atoms with E-state index in [1.807, 2.05) is 29.2 Å². The van der Waals surface area contributed by atoms with Crippen LogP contribution in [0.5, 0.6) is 0 Å². The predicted molar refractivity (Wildman–Crippen MR) is 85.2 cm³/mol. The fraction of sp³-hybridized carbons (Fsp3) is 0.462. The highest BCUT2D eigenvalue weighted by Crippen LogP contribution is 2.17. The smallest absolute Gasteiger partial charge is 0.321 e. The van der Waals surface area contributed by atoms with Gasteiger partial charge in [0.15, 0.2) is 0 Å². The Balaban J connectivity index is 1.87. The molecule has 1 saturated heterocycles. The summed E-state index contributed by atoms with van der Waals surface area (Å²) >= 11 is 2.22. The van der Waals surface area contributed by atoms with Gasteiger partial charge in [-0.05, 0) is 34.7 Å². The van der Waals surface area contributed by atoms with Crippen LogP contribution in [0.15, 0.2) is 24.3 Å². The topological polar surface area (TPSA) is 61.6 Å². The summed E-state index contributed by atoms with van der Waals surface area (Å²) < 4.78 is 1.05. The number of nitrogens with zero attached hydrogens (tertiary/aromatic N) is 2. The molecule has 1 aliphatic heterocycles. The maximum Gasteiger partial charge on any atom is 0.321 e. The van der Waals surface area contributed by atoms with E-state index in [-0.39, 0.29) is 6.03 Å². The van der Waals surface area contributed by atoms with Crippen molar-refractivity contribution >= 4 is 34.3 Å². The number of para-hydroxylation sites is 1. The van der Waals surface area contributed by atoms with Gasteiger partial charge in [0.2, 0.25) is 0 Å². The number of nitrogens with two attached hydrogens (primary N) is 1. The molecule has 1 fully saturated rings. The molecule has 0 aliphatic carbocycles. The van der Waals surface area contributed by atoms with Gasteiger partial charge in [-0.1, -0.05) is 12.1 Å². The van der Waals surface area contributed by atoms with Crippen LogP contribution in [0.4, 0.5) is 10.5 Å².